The van der Waals surface area contributed by atoms with E-state index < -0.39 is 0 Å². The van der Waals surface area contributed by atoms with Gasteiger partial charge in [-0.05, 0) is 67.7 Å². The highest BCUT2D eigenvalue weighted by molar-refractivity contribution is 5.94. The molecule has 2 fully saturated rings. The van der Waals surface area contributed by atoms with Gasteiger partial charge >= 0.3 is 6.03 Å². The van der Waals surface area contributed by atoms with Crippen molar-refractivity contribution in [1.29, 1.82) is 0 Å². The van der Waals surface area contributed by atoms with E-state index in [1.807, 2.05) is 29.4 Å². The van der Waals surface area contributed by atoms with Gasteiger partial charge in [0.25, 0.3) is 0 Å². The number of urea groups is 1. The van der Waals surface area contributed by atoms with Gasteiger partial charge in [0, 0.05) is 36.7 Å². The number of aryl methyl sites for hydroxylation is 1. The number of rotatable bonds is 1. The van der Waals surface area contributed by atoms with Gasteiger partial charge in [-0.3, -0.25) is 9.88 Å². The Morgan fingerprint density at radius 3 is 2.62 bits per heavy atom. The Bertz CT molecular complexity index is 792. The average molecular weight is 347 g/mol. The summed E-state index contributed by atoms with van der Waals surface area (Å²) in [5, 5.41) is 0. The highest BCUT2D eigenvalue weighted by Crippen LogP contribution is 2.44. The molecule has 5 rings (SSSR count). The van der Waals surface area contributed by atoms with E-state index in [0.29, 0.717) is 18.0 Å². The van der Waals surface area contributed by atoms with Crippen molar-refractivity contribution in [2.75, 3.05) is 11.4 Å². The molecule has 0 N–H and O–H groups in total. The number of carbonyl (C=O) groups excluding carboxylic acids is 1. The van der Waals surface area contributed by atoms with Crippen LogP contribution in [-0.4, -0.2) is 34.5 Å². The van der Waals surface area contributed by atoms with E-state index in [2.05, 4.69) is 34.1 Å². The Hall–Kier alpha value is -2.36. The maximum atomic E-state index is 13.5. The molecule has 26 heavy (non-hydrogen) atoms. The van der Waals surface area contributed by atoms with Gasteiger partial charge in [-0.2, -0.15) is 0 Å². The molecule has 134 valence electrons. The normalized spacial score (nSPS) is 27.3. The topological polar surface area (TPSA) is 36.4 Å². The molecule has 1 aromatic carbocycles. The summed E-state index contributed by atoms with van der Waals surface area (Å²) in [6, 6.07) is 13.6. The number of pyridine rings is 1. The minimum absolute atomic E-state index is 0.231. The third-order valence-corrected chi connectivity index (χ3v) is 6.45. The molecule has 0 spiro atoms. The minimum atomic E-state index is 0.231. The van der Waals surface area contributed by atoms with Crippen LogP contribution in [0.1, 0.15) is 49.1 Å². The van der Waals surface area contributed by atoms with Gasteiger partial charge in [-0.1, -0.05) is 24.3 Å². The van der Waals surface area contributed by atoms with Crippen LogP contribution in [0, 0.1) is 0 Å². The lowest BCUT2D eigenvalue weighted by Crippen LogP contribution is -2.53. The Labute approximate surface area is 154 Å². The molecule has 0 unspecified atom stereocenters. The molecule has 0 saturated carbocycles. The van der Waals surface area contributed by atoms with Gasteiger partial charge in [0.15, 0.2) is 0 Å². The quantitative estimate of drug-likeness (QED) is 0.768. The summed E-state index contributed by atoms with van der Waals surface area (Å²) in [7, 11) is 0. The van der Waals surface area contributed by atoms with Crippen LogP contribution in [0.2, 0.25) is 0 Å². The number of amides is 2. The Morgan fingerprint density at radius 1 is 1.04 bits per heavy atom. The van der Waals surface area contributed by atoms with Crippen molar-refractivity contribution in [3.63, 3.8) is 0 Å². The zero-order chi connectivity index (χ0) is 17.5. The van der Waals surface area contributed by atoms with Crippen molar-refractivity contribution < 1.29 is 4.79 Å². The number of para-hydroxylation sites is 1. The summed E-state index contributed by atoms with van der Waals surface area (Å²) in [6.07, 6.45) is 10.4. The summed E-state index contributed by atoms with van der Waals surface area (Å²) >= 11 is 0. The maximum absolute atomic E-state index is 13.5. The van der Waals surface area contributed by atoms with Gasteiger partial charge in [-0.25, -0.2) is 4.79 Å². The number of nitrogens with zero attached hydrogens (tertiary/aromatic N) is 3. The lowest BCUT2D eigenvalue weighted by Gasteiger charge is -2.42. The van der Waals surface area contributed by atoms with E-state index in [-0.39, 0.29) is 6.03 Å². The molecule has 4 heterocycles. The number of aromatic nitrogens is 1. The molecule has 0 aliphatic carbocycles. The van der Waals surface area contributed by atoms with Crippen LogP contribution in [0.4, 0.5) is 10.5 Å². The SMILES string of the molecule is O=C(N1CCCc2ccccc21)N1[C@H]2CC[C@H]1CC(c1cccnc1)C2. The molecule has 2 bridgehead atoms. The fraction of sp³-hybridized carbons (Fsp3) is 0.455. The first-order valence-electron chi connectivity index (χ1n) is 9.89. The molecule has 2 atom stereocenters. The van der Waals surface area contributed by atoms with Crippen LogP contribution >= 0.6 is 0 Å². The first-order chi connectivity index (χ1) is 12.8. The highest BCUT2D eigenvalue weighted by atomic mass is 16.2. The summed E-state index contributed by atoms with van der Waals surface area (Å²) in [5.41, 5.74) is 3.77. The van der Waals surface area contributed by atoms with Crippen molar-refractivity contribution in [3.8, 4) is 0 Å². The maximum Gasteiger partial charge on any atom is 0.324 e. The predicted octanol–water partition coefficient (Wildman–Crippen LogP) is 4.36. The number of benzene rings is 1. The summed E-state index contributed by atoms with van der Waals surface area (Å²) in [5.74, 6) is 0.541. The lowest BCUT2D eigenvalue weighted by molar-refractivity contribution is 0.143. The van der Waals surface area contributed by atoms with Crippen molar-refractivity contribution in [2.45, 2.75) is 56.5 Å². The summed E-state index contributed by atoms with van der Waals surface area (Å²) < 4.78 is 0. The van der Waals surface area contributed by atoms with Crippen molar-refractivity contribution in [1.82, 2.24) is 9.88 Å². The molecule has 2 saturated heterocycles. The third-order valence-electron chi connectivity index (χ3n) is 6.45. The highest BCUT2D eigenvalue weighted by Gasteiger charge is 2.45. The molecule has 4 nitrogen and oxygen atoms in total. The molecular formula is C22H25N3O. The lowest BCUT2D eigenvalue weighted by atomic mass is 9.86. The predicted molar refractivity (Wildman–Crippen MR) is 102 cm³/mol. The van der Waals surface area contributed by atoms with E-state index in [1.165, 1.54) is 11.1 Å². The number of hydrogen-bond donors (Lipinski definition) is 0. The number of piperidine rings is 1. The first-order valence-corrected chi connectivity index (χ1v) is 9.89. The number of carbonyl (C=O) groups is 1. The van der Waals surface area contributed by atoms with Gasteiger partial charge in [-0.15, -0.1) is 0 Å². The van der Waals surface area contributed by atoms with Crippen LogP contribution < -0.4 is 4.90 Å². The zero-order valence-corrected chi connectivity index (χ0v) is 15.1. The fourth-order valence-electron chi connectivity index (χ4n) is 5.25. The van der Waals surface area contributed by atoms with Gasteiger partial charge in [0.1, 0.15) is 0 Å². The molecule has 0 radical (unpaired) electrons. The van der Waals surface area contributed by atoms with E-state index in [0.717, 1.165) is 50.8 Å². The third kappa shape index (κ3) is 2.59. The molecule has 3 aliphatic heterocycles. The van der Waals surface area contributed by atoms with Crippen molar-refractivity contribution in [3.05, 3.63) is 59.9 Å². The molecule has 3 aliphatic rings. The first kappa shape index (κ1) is 15.9. The Morgan fingerprint density at radius 2 is 1.85 bits per heavy atom. The van der Waals surface area contributed by atoms with E-state index in [9.17, 15) is 4.79 Å². The van der Waals surface area contributed by atoms with Crippen LogP contribution in [0.15, 0.2) is 48.8 Å². The number of anilines is 1. The summed E-state index contributed by atoms with van der Waals surface area (Å²) in [4.78, 5) is 22.0. The van der Waals surface area contributed by atoms with Crippen LogP contribution in [0.5, 0.6) is 0 Å². The van der Waals surface area contributed by atoms with Crippen LogP contribution in [-0.2, 0) is 6.42 Å². The standard InChI is InChI=1S/C22H25N3O/c26-22(24-12-4-7-16-5-1-2-8-21(16)24)25-19-9-10-20(25)14-18(13-19)17-6-3-11-23-15-17/h1-3,5-6,8,11,15,18-20H,4,7,9-10,12-14H2/t19-,20-/m0/s1. The van der Waals surface area contributed by atoms with E-state index in [1.54, 1.807) is 0 Å². The second-order valence-electron chi connectivity index (χ2n) is 7.91. The fourth-order valence-corrected chi connectivity index (χ4v) is 5.25. The molecular weight excluding hydrogens is 322 g/mol. The second kappa shape index (κ2) is 6.42. The smallest absolute Gasteiger partial charge is 0.318 e. The molecule has 2 amide bonds. The monoisotopic (exact) mass is 347 g/mol. The molecule has 1 aromatic heterocycles. The Kier molecular flexibility index (Phi) is 3.92. The molecule has 2 aromatic rings. The largest absolute Gasteiger partial charge is 0.324 e. The average Bonchev–Trinajstić information content (AvgIpc) is 2.97. The minimum Gasteiger partial charge on any atom is -0.318 e. The number of fused-ring (bicyclic) bond motifs is 3. The van der Waals surface area contributed by atoms with Gasteiger partial charge < -0.3 is 4.90 Å². The zero-order valence-electron chi connectivity index (χ0n) is 15.1. The molecule has 4 heteroatoms. The van der Waals surface area contributed by atoms with Gasteiger partial charge in [0.05, 0.1) is 0 Å². The Balaban J connectivity index is 1.38. The second-order valence-corrected chi connectivity index (χ2v) is 7.91. The van der Waals surface area contributed by atoms with Crippen LogP contribution in [0.3, 0.4) is 0 Å². The van der Waals surface area contributed by atoms with E-state index in [4.69, 9.17) is 0 Å². The van der Waals surface area contributed by atoms with Crippen molar-refractivity contribution >= 4 is 11.7 Å². The van der Waals surface area contributed by atoms with Crippen molar-refractivity contribution in [2.24, 2.45) is 0 Å². The van der Waals surface area contributed by atoms with Crippen LogP contribution in [0.25, 0.3) is 0 Å². The van der Waals surface area contributed by atoms with E-state index >= 15 is 0 Å². The number of hydrogen-bond acceptors (Lipinski definition) is 2. The summed E-state index contributed by atoms with van der Waals surface area (Å²) in [6.45, 7) is 0.845. The van der Waals surface area contributed by atoms with Gasteiger partial charge in [0.2, 0.25) is 0 Å².